The molecule has 0 aromatic heterocycles. The Balaban J connectivity index is 2.42. The van der Waals surface area contributed by atoms with Gasteiger partial charge in [-0.2, -0.15) is 0 Å². The van der Waals surface area contributed by atoms with Crippen LogP contribution in [0.3, 0.4) is 0 Å². The molecule has 0 bridgehead atoms. The van der Waals surface area contributed by atoms with Crippen molar-refractivity contribution in [1.82, 2.24) is 0 Å². The molecule has 2 N–H and O–H groups in total. The number of carbonyl (C=O) groups excluding carboxylic acids is 1. The minimum atomic E-state index is -2.07. The number of hydrogen-bond acceptors (Lipinski definition) is 2. The Kier molecular flexibility index (Phi) is 7.69. The van der Waals surface area contributed by atoms with Crippen LogP contribution in [0.25, 0.3) is 0 Å². The van der Waals surface area contributed by atoms with Gasteiger partial charge in [0.15, 0.2) is 0 Å². The van der Waals surface area contributed by atoms with Gasteiger partial charge in [-0.25, -0.2) is 0 Å². The summed E-state index contributed by atoms with van der Waals surface area (Å²) in [7, 11) is 0. The molecule has 0 amide bonds. The molecule has 131 valence electrons. The van der Waals surface area contributed by atoms with E-state index in [1.54, 1.807) is 6.92 Å². The second-order valence-corrected chi connectivity index (χ2v) is 18.6. The summed E-state index contributed by atoms with van der Waals surface area (Å²) in [5, 5.41) is 1.06. The van der Waals surface area contributed by atoms with Crippen LogP contribution in [0.4, 0.5) is 0 Å². The first-order chi connectivity index (χ1) is 11.8. The summed E-state index contributed by atoms with van der Waals surface area (Å²) in [6.45, 7) is 2.13. The summed E-state index contributed by atoms with van der Waals surface area (Å²) >= 11 is 9.80. The van der Waals surface area contributed by atoms with Gasteiger partial charge in [0.25, 0.3) is 0 Å². The van der Waals surface area contributed by atoms with Gasteiger partial charge in [-0.1, -0.05) is 0 Å². The van der Waals surface area contributed by atoms with E-state index >= 15 is 0 Å². The Morgan fingerprint density at radius 3 is 2.40 bits per heavy atom. The van der Waals surface area contributed by atoms with E-state index in [2.05, 4.69) is 47.1 Å². The molecule has 1 radical (unpaired) electrons. The van der Waals surface area contributed by atoms with E-state index in [1.807, 2.05) is 54.6 Å². The van der Waals surface area contributed by atoms with Crippen molar-refractivity contribution in [3.05, 3.63) is 64.6 Å². The number of hydrogen-bond donors (Lipinski definition) is 1. The SMILES string of the molecule is CCC(=O)O[N+](Cc1ccc(Br)cc1)=C(N)[P+]([Se])([Se-])c1ccccc1. The minimum absolute atomic E-state index is 0.280. The third kappa shape index (κ3) is 5.65. The molecule has 0 atom stereocenters. The number of nitrogens with two attached hydrogens (primary N) is 1. The van der Waals surface area contributed by atoms with Crippen molar-refractivity contribution in [3.63, 3.8) is 0 Å². The molecule has 4 nitrogen and oxygen atoms in total. The zero-order valence-electron chi connectivity index (χ0n) is 13.6. The second kappa shape index (κ2) is 9.32. The van der Waals surface area contributed by atoms with Gasteiger partial charge in [-0.05, 0) is 0 Å². The molecule has 0 saturated carbocycles. The van der Waals surface area contributed by atoms with E-state index in [-0.39, 0.29) is 12.4 Å². The molecule has 2 rings (SSSR count). The maximum absolute atomic E-state index is 11.9. The van der Waals surface area contributed by atoms with E-state index in [9.17, 15) is 4.79 Å². The second-order valence-electron chi connectivity index (χ2n) is 5.23. The zero-order valence-corrected chi connectivity index (χ0v) is 19.5. The van der Waals surface area contributed by atoms with Crippen LogP contribution in [0.2, 0.25) is 0 Å². The van der Waals surface area contributed by atoms with Crippen molar-refractivity contribution < 1.29 is 14.4 Å². The number of rotatable bonds is 6. The summed E-state index contributed by atoms with van der Waals surface area (Å²) in [6, 6.07) is 17.7. The third-order valence-corrected chi connectivity index (χ3v) is 10.7. The van der Waals surface area contributed by atoms with Gasteiger partial charge in [0.2, 0.25) is 0 Å². The Labute approximate surface area is 172 Å². The average Bonchev–Trinajstić information content (AvgIpc) is 2.62. The predicted molar refractivity (Wildman–Crippen MR) is 108 cm³/mol. The topological polar surface area (TPSA) is 55.3 Å². The first-order valence-electron chi connectivity index (χ1n) is 7.57. The van der Waals surface area contributed by atoms with E-state index in [1.165, 1.54) is 4.74 Å². The monoisotopic (exact) mass is 552 g/mol. The Hall–Kier alpha value is -0.671. The quantitative estimate of drug-likeness (QED) is 0.114. The molecule has 2 aromatic rings. The molecule has 0 aliphatic heterocycles. The van der Waals surface area contributed by atoms with Gasteiger partial charge >= 0.3 is 173 Å². The molecular formula is C17H18BrN2O2PSe2+. The molecule has 8 heteroatoms. The van der Waals surface area contributed by atoms with Crippen molar-refractivity contribution in [3.8, 4) is 0 Å². The van der Waals surface area contributed by atoms with E-state index in [4.69, 9.17) is 10.6 Å². The number of nitrogens with zero attached hydrogens (tertiary/aromatic N) is 1. The molecule has 0 aliphatic carbocycles. The van der Waals surface area contributed by atoms with Gasteiger partial charge in [-0.15, -0.1) is 0 Å². The van der Waals surface area contributed by atoms with Crippen LogP contribution in [0.5, 0.6) is 0 Å². The van der Waals surface area contributed by atoms with Crippen molar-refractivity contribution in [2.45, 2.75) is 19.9 Å². The van der Waals surface area contributed by atoms with Crippen molar-refractivity contribution >= 4 is 68.6 Å². The first kappa shape index (κ1) is 20.6. The Morgan fingerprint density at radius 1 is 1.24 bits per heavy atom. The average molecular weight is 551 g/mol. The molecule has 0 fully saturated rings. The van der Waals surface area contributed by atoms with Crippen molar-refractivity contribution in [2.75, 3.05) is 0 Å². The van der Waals surface area contributed by atoms with Gasteiger partial charge in [0.05, 0.1) is 0 Å². The summed E-state index contributed by atoms with van der Waals surface area (Å²) in [5.74, 6) is -0.326. The number of carbonyl (C=O) groups is 1. The fourth-order valence-electron chi connectivity index (χ4n) is 2.01. The van der Waals surface area contributed by atoms with Gasteiger partial charge in [-0.3, -0.25) is 0 Å². The van der Waals surface area contributed by atoms with Crippen LogP contribution < -0.4 is 11.0 Å². The molecule has 0 saturated heterocycles. The summed E-state index contributed by atoms with van der Waals surface area (Å²) in [4.78, 5) is 17.4. The van der Waals surface area contributed by atoms with Crippen LogP contribution in [-0.4, -0.2) is 47.4 Å². The van der Waals surface area contributed by atoms with Crippen LogP contribution in [0, 0.1) is 0 Å². The maximum atomic E-state index is 11.9. The summed E-state index contributed by atoms with van der Waals surface area (Å²) in [5.41, 5.74) is 7.93. The molecule has 0 unspecified atom stereocenters. The zero-order chi connectivity index (χ0) is 18.4. The van der Waals surface area contributed by atoms with E-state index in [0.717, 1.165) is 15.3 Å². The Bertz CT molecular complexity index is 768. The van der Waals surface area contributed by atoms with Gasteiger partial charge in [0.1, 0.15) is 0 Å². The van der Waals surface area contributed by atoms with Crippen LogP contribution >= 0.6 is 20.6 Å². The fourth-order valence-corrected chi connectivity index (χ4v) is 6.18. The van der Waals surface area contributed by atoms with Gasteiger partial charge < -0.3 is 0 Å². The van der Waals surface area contributed by atoms with Crippen molar-refractivity contribution in [1.29, 1.82) is 0 Å². The van der Waals surface area contributed by atoms with E-state index < -0.39 is 4.64 Å². The molecule has 25 heavy (non-hydrogen) atoms. The van der Waals surface area contributed by atoms with Crippen LogP contribution in [-0.2, 0) is 16.2 Å². The van der Waals surface area contributed by atoms with Gasteiger partial charge in [0, 0.05) is 0 Å². The Morgan fingerprint density at radius 2 is 1.84 bits per heavy atom. The first-order valence-corrected chi connectivity index (χ1v) is 14.6. The van der Waals surface area contributed by atoms with Crippen molar-refractivity contribution in [2.24, 2.45) is 5.73 Å². The summed E-state index contributed by atoms with van der Waals surface area (Å²) < 4.78 is 0.407. The number of halogens is 1. The predicted octanol–water partition coefficient (Wildman–Crippen LogP) is 2.65. The molecule has 0 heterocycles. The van der Waals surface area contributed by atoms with Crippen LogP contribution in [0.1, 0.15) is 18.9 Å². The van der Waals surface area contributed by atoms with Crippen LogP contribution in [0.15, 0.2) is 59.1 Å². The normalized spacial score (nSPS) is 14.4. The molecular weight excluding hydrogens is 533 g/mol. The third-order valence-electron chi connectivity index (χ3n) is 3.39. The molecule has 0 aliphatic rings. The summed E-state index contributed by atoms with van der Waals surface area (Å²) in [6.07, 6.45) is 0.280. The standard InChI is InChI=1S/C17H17BrN2O2PSe2/c1-2-16(21)22-20(12-13-8-10-14(18)11-9-13)17(19)23(24,25)15-6-4-3-5-7-15/h3-11,19H,2,12H2,1H3/p+1. The molecule has 0 spiro atoms. The number of amidine groups is 1. The molecule has 2 aromatic carbocycles. The number of benzene rings is 2. The fraction of sp³-hybridized carbons (Fsp3) is 0.176. The number of hydroxylamine groups is 1. The van der Waals surface area contributed by atoms with E-state index in [0.29, 0.717) is 12.1 Å².